The van der Waals surface area contributed by atoms with Crippen molar-refractivity contribution < 1.29 is 26.3 Å². The zero-order valence-electron chi connectivity index (χ0n) is 14.2. The average Bonchev–Trinajstić information content (AvgIpc) is 2.92. The van der Waals surface area contributed by atoms with Gasteiger partial charge in [0.05, 0.1) is 16.8 Å². The summed E-state index contributed by atoms with van der Waals surface area (Å²) in [6, 6.07) is 8.11. The predicted octanol–water partition coefficient (Wildman–Crippen LogP) is 2.57. The van der Waals surface area contributed by atoms with Crippen molar-refractivity contribution in [1.29, 1.82) is 0 Å². The van der Waals surface area contributed by atoms with E-state index in [4.69, 9.17) is 0 Å². The molecular formula is C16H13F3N4O4S. The molecule has 28 heavy (non-hydrogen) atoms. The SMILES string of the molecule is Cc1cc(=O)n(-c2ccc(NS(=O)(=O)c3cccc(OC(F)(F)F)c3)cn2)[nH]1. The lowest BCUT2D eigenvalue weighted by Gasteiger charge is -2.11. The first-order valence-corrected chi connectivity index (χ1v) is 9.15. The van der Waals surface area contributed by atoms with Crippen molar-refractivity contribution in [2.45, 2.75) is 18.2 Å². The van der Waals surface area contributed by atoms with Gasteiger partial charge in [-0.25, -0.2) is 18.1 Å². The van der Waals surface area contributed by atoms with Crippen molar-refractivity contribution in [3.05, 3.63) is 64.7 Å². The number of H-pyrrole nitrogens is 1. The van der Waals surface area contributed by atoms with Crippen molar-refractivity contribution in [3.8, 4) is 11.6 Å². The fourth-order valence-corrected chi connectivity index (χ4v) is 3.39. The number of aromatic nitrogens is 3. The van der Waals surface area contributed by atoms with E-state index in [1.165, 1.54) is 29.1 Å². The number of rotatable bonds is 5. The largest absolute Gasteiger partial charge is 0.573 e. The van der Waals surface area contributed by atoms with Gasteiger partial charge < -0.3 is 4.74 Å². The Morgan fingerprint density at radius 3 is 2.50 bits per heavy atom. The number of halogens is 3. The van der Waals surface area contributed by atoms with Gasteiger partial charge in [-0.3, -0.25) is 14.6 Å². The maximum absolute atomic E-state index is 12.4. The number of hydrogen-bond acceptors (Lipinski definition) is 5. The van der Waals surface area contributed by atoms with E-state index in [-0.39, 0.29) is 17.1 Å². The fraction of sp³-hybridized carbons (Fsp3) is 0.125. The van der Waals surface area contributed by atoms with E-state index in [0.29, 0.717) is 5.69 Å². The molecule has 3 rings (SSSR count). The number of anilines is 1. The molecule has 148 valence electrons. The Hall–Kier alpha value is -3.28. The maximum Gasteiger partial charge on any atom is 0.573 e. The number of nitrogens with one attached hydrogen (secondary N) is 2. The molecule has 0 aliphatic rings. The van der Waals surface area contributed by atoms with Gasteiger partial charge >= 0.3 is 6.36 Å². The molecule has 0 unspecified atom stereocenters. The Bertz CT molecular complexity index is 1150. The van der Waals surface area contributed by atoms with Gasteiger partial charge in [-0.15, -0.1) is 13.2 Å². The van der Waals surface area contributed by atoms with Crippen molar-refractivity contribution >= 4 is 15.7 Å². The van der Waals surface area contributed by atoms with Crippen molar-refractivity contribution in [2.24, 2.45) is 0 Å². The summed E-state index contributed by atoms with van der Waals surface area (Å²) in [6.45, 7) is 1.69. The minimum absolute atomic E-state index is 0.0576. The van der Waals surface area contributed by atoms with E-state index in [9.17, 15) is 26.4 Å². The normalized spacial score (nSPS) is 12.0. The van der Waals surface area contributed by atoms with Crippen LogP contribution in [0.15, 0.2) is 58.4 Å². The Kier molecular flexibility index (Phi) is 4.89. The molecule has 12 heteroatoms. The van der Waals surface area contributed by atoms with Crippen LogP contribution in [0.4, 0.5) is 18.9 Å². The number of sulfonamides is 1. The second kappa shape index (κ2) is 7.03. The lowest BCUT2D eigenvalue weighted by atomic mass is 10.3. The van der Waals surface area contributed by atoms with Crippen LogP contribution < -0.4 is 15.0 Å². The molecule has 0 fully saturated rings. The van der Waals surface area contributed by atoms with Crippen molar-refractivity contribution in [2.75, 3.05) is 4.72 Å². The van der Waals surface area contributed by atoms with Gasteiger partial charge in [0, 0.05) is 17.8 Å². The summed E-state index contributed by atoms with van der Waals surface area (Å²) in [7, 11) is -4.19. The molecule has 0 atom stereocenters. The molecule has 0 spiro atoms. The summed E-state index contributed by atoms with van der Waals surface area (Å²) < 4.78 is 68.8. The van der Waals surface area contributed by atoms with Crippen LogP contribution in [0.1, 0.15) is 5.69 Å². The van der Waals surface area contributed by atoms with E-state index < -0.39 is 27.0 Å². The first-order chi connectivity index (χ1) is 13.0. The average molecular weight is 414 g/mol. The van der Waals surface area contributed by atoms with Gasteiger partial charge in [-0.05, 0) is 31.2 Å². The quantitative estimate of drug-likeness (QED) is 0.668. The van der Waals surface area contributed by atoms with Crippen LogP contribution in [0.25, 0.3) is 5.82 Å². The van der Waals surface area contributed by atoms with E-state index in [1.54, 1.807) is 6.92 Å². The molecule has 0 aliphatic heterocycles. The Labute approximate surface area is 156 Å². The Morgan fingerprint density at radius 1 is 1.18 bits per heavy atom. The third kappa shape index (κ3) is 4.52. The minimum atomic E-state index is -4.94. The molecule has 0 bridgehead atoms. The number of ether oxygens (including phenoxy) is 1. The molecule has 3 aromatic rings. The molecule has 0 radical (unpaired) electrons. The molecule has 2 aromatic heterocycles. The molecule has 0 aliphatic carbocycles. The highest BCUT2D eigenvalue weighted by molar-refractivity contribution is 7.92. The first kappa shape index (κ1) is 19.5. The van der Waals surface area contributed by atoms with Gasteiger partial charge in [-0.1, -0.05) is 6.07 Å². The van der Waals surface area contributed by atoms with E-state index in [2.05, 4.69) is 19.5 Å². The van der Waals surface area contributed by atoms with Gasteiger partial charge in [0.2, 0.25) is 0 Å². The molecule has 0 saturated carbocycles. The van der Waals surface area contributed by atoms with Gasteiger partial charge in [0.25, 0.3) is 15.6 Å². The molecule has 8 nitrogen and oxygen atoms in total. The van der Waals surface area contributed by atoms with Crippen LogP contribution in [0.5, 0.6) is 5.75 Å². The van der Waals surface area contributed by atoms with E-state index in [0.717, 1.165) is 24.3 Å². The van der Waals surface area contributed by atoms with Crippen LogP contribution in [0, 0.1) is 6.92 Å². The van der Waals surface area contributed by atoms with Crippen LogP contribution in [0.2, 0.25) is 0 Å². The topological polar surface area (TPSA) is 106 Å². The molecule has 2 N–H and O–H groups in total. The molecule has 0 saturated heterocycles. The summed E-state index contributed by atoms with van der Waals surface area (Å²) >= 11 is 0. The number of nitrogens with zero attached hydrogens (tertiary/aromatic N) is 2. The van der Waals surface area contributed by atoms with Crippen LogP contribution in [-0.2, 0) is 10.0 Å². The summed E-state index contributed by atoms with van der Waals surface area (Å²) in [4.78, 5) is 15.3. The molecule has 2 heterocycles. The number of hydrogen-bond donors (Lipinski definition) is 2. The van der Waals surface area contributed by atoms with Gasteiger partial charge in [0.15, 0.2) is 5.82 Å². The highest BCUT2D eigenvalue weighted by Crippen LogP contribution is 2.25. The lowest BCUT2D eigenvalue weighted by Crippen LogP contribution is -2.18. The fourth-order valence-electron chi connectivity index (χ4n) is 2.31. The van der Waals surface area contributed by atoms with Crippen molar-refractivity contribution in [3.63, 3.8) is 0 Å². The predicted molar refractivity (Wildman–Crippen MR) is 92.9 cm³/mol. The van der Waals surface area contributed by atoms with Crippen molar-refractivity contribution in [1.82, 2.24) is 14.8 Å². The second-order valence-electron chi connectivity index (χ2n) is 5.65. The zero-order valence-corrected chi connectivity index (χ0v) is 15.0. The van der Waals surface area contributed by atoms with E-state index >= 15 is 0 Å². The number of alkyl halides is 3. The highest BCUT2D eigenvalue weighted by atomic mass is 32.2. The monoisotopic (exact) mass is 414 g/mol. The number of benzene rings is 1. The first-order valence-electron chi connectivity index (χ1n) is 7.67. The highest BCUT2D eigenvalue weighted by Gasteiger charge is 2.31. The van der Waals surface area contributed by atoms with Crippen LogP contribution in [0.3, 0.4) is 0 Å². The summed E-state index contributed by atoms with van der Waals surface area (Å²) in [6.07, 6.45) is -3.77. The molecular weight excluding hydrogens is 401 g/mol. The van der Waals surface area contributed by atoms with Crippen LogP contribution in [-0.4, -0.2) is 29.5 Å². The third-order valence-electron chi connectivity index (χ3n) is 3.43. The Balaban J connectivity index is 1.82. The summed E-state index contributed by atoms with van der Waals surface area (Å²) in [5.41, 5.74) is 0.347. The minimum Gasteiger partial charge on any atom is -0.406 e. The van der Waals surface area contributed by atoms with Gasteiger partial charge in [0.1, 0.15) is 5.75 Å². The maximum atomic E-state index is 12.4. The summed E-state index contributed by atoms with van der Waals surface area (Å²) in [5.74, 6) is -0.424. The number of aryl methyl sites for hydroxylation is 1. The standard InChI is InChI=1S/C16H13F3N4O4S/c1-10-7-15(24)23(21-10)14-6-5-11(9-20-14)22-28(25,26)13-4-2-3-12(8-13)27-16(17,18)19/h2-9,21-22H,1H3. The second-order valence-corrected chi connectivity index (χ2v) is 7.33. The lowest BCUT2D eigenvalue weighted by molar-refractivity contribution is -0.274. The summed E-state index contributed by atoms with van der Waals surface area (Å²) in [5, 5.41) is 2.78. The third-order valence-corrected chi connectivity index (χ3v) is 4.81. The molecule has 0 amide bonds. The van der Waals surface area contributed by atoms with Crippen LogP contribution >= 0.6 is 0 Å². The molecule has 1 aromatic carbocycles. The van der Waals surface area contributed by atoms with E-state index in [1.807, 2.05) is 0 Å². The smallest absolute Gasteiger partial charge is 0.406 e. The number of pyridine rings is 1. The zero-order chi connectivity index (χ0) is 20.5. The van der Waals surface area contributed by atoms with Gasteiger partial charge in [-0.2, -0.15) is 0 Å². The Morgan fingerprint density at radius 2 is 1.93 bits per heavy atom. The number of aromatic amines is 1.